The highest BCUT2D eigenvalue weighted by Crippen LogP contribution is 2.23. The summed E-state index contributed by atoms with van der Waals surface area (Å²) in [4.78, 5) is 27.7. The number of rotatable bonds is 7. The topological polar surface area (TPSA) is 49.4 Å². The molecule has 0 saturated heterocycles. The van der Waals surface area contributed by atoms with Crippen LogP contribution < -0.4 is 10.2 Å². The van der Waals surface area contributed by atoms with Gasteiger partial charge in [0.05, 0.1) is 17.8 Å². The number of carbonyl (C=O) groups excluding carboxylic acids is 2. The molecule has 4 nitrogen and oxygen atoms in total. The molecular formula is C24H26N2O2S. The molecular weight excluding hydrogens is 380 g/mol. The summed E-state index contributed by atoms with van der Waals surface area (Å²) < 4.78 is 0. The molecule has 0 aliphatic rings. The molecule has 1 N–H and O–H groups in total. The summed E-state index contributed by atoms with van der Waals surface area (Å²) in [6.07, 6.45) is 0.329. The van der Waals surface area contributed by atoms with Crippen LogP contribution in [0.1, 0.15) is 40.2 Å². The van der Waals surface area contributed by atoms with Gasteiger partial charge >= 0.3 is 0 Å². The third kappa shape index (κ3) is 5.78. The Hall–Kier alpha value is -2.92. The Morgan fingerprint density at radius 2 is 1.76 bits per heavy atom. The molecule has 2 aromatic carbocycles. The maximum atomic E-state index is 13.2. The number of hydrogen-bond donors (Lipinski definition) is 1. The molecule has 0 aliphatic carbocycles. The van der Waals surface area contributed by atoms with Crippen LogP contribution in [0.5, 0.6) is 0 Å². The number of nitrogens with zero attached hydrogens (tertiary/aromatic N) is 1. The maximum Gasteiger partial charge on any atom is 0.268 e. The van der Waals surface area contributed by atoms with Crippen LogP contribution in [0.4, 0.5) is 5.69 Å². The van der Waals surface area contributed by atoms with E-state index in [0.29, 0.717) is 17.8 Å². The maximum absolute atomic E-state index is 13.2. The summed E-state index contributed by atoms with van der Waals surface area (Å²) in [6, 6.07) is 19.7. The summed E-state index contributed by atoms with van der Waals surface area (Å²) in [5.74, 6) is -0.0224. The molecule has 0 unspecified atom stereocenters. The number of thiophene rings is 1. The van der Waals surface area contributed by atoms with E-state index in [4.69, 9.17) is 0 Å². The van der Waals surface area contributed by atoms with Crippen LogP contribution in [-0.2, 0) is 17.8 Å². The Balaban J connectivity index is 1.83. The van der Waals surface area contributed by atoms with Crippen molar-refractivity contribution < 1.29 is 9.59 Å². The van der Waals surface area contributed by atoms with Crippen LogP contribution in [0, 0.1) is 6.92 Å². The summed E-state index contributed by atoms with van der Waals surface area (Å²) in [5, 5.41) is 4.81. The molecule has 1 heterocycles. The summed E-state index contributed by atoms with van der Waals surface area (Å²) in [7, 11) is 0. The quantitative estimate of drug-likeness (QED) is 0.602. The van der Waals surface area contributed by atoms with E-state index < -0.39 is 0 Å². The van der Waals surface area contributed by atoms with Crippen LogP contribution in [0.2, 0.25) is 0 Å². The lowest BCUT2D eigenvalue weighted by atomic mass is 10.1. The number of nitrogens with one attached hydrogen (secondary N) is 1. The Morgan fingerprint density at radius 3 is 2.38 bits per heavy atom. The highest BCUT2D eigenvalue weighted by atomic mass is 32.1. The third-order valence-corrected chi connectivity index (χ3v) is 5.32. The van der Waals surface area contributed by atoms with Gasteiger partial charge in [-0.1, -0.05) is 48.0 Å². The van der Waals surface area contributed by atoms with E-state index in [1.807, 2.05) is 80.7 Å². The second-order valence-corrected chi connectivity index (χ2v) is 8.37. The SMILES string of the molecule is Cc1cccc(CN(C(=O)c2cccs2)c2ccc(CC(=O)NC(C)C)cc2)c1. The second-order valence-electron chi connectivity index (χ2n) is 7.42. The third-order valence-electron chi connectivity index (χ3n) is 4.46. The molecule has 0 spiro atoms. The zero-order valence-electron chi connectivity index (χ0n) is 17.0. The van der Waals surface area contributed by atoms with E-state index in [2.05, 4.69) is 11.4 Å². The largest absolute Gasteiger partial charge is 0.354 e. The molecule has 29 heavy (non-hydrogen) atoms. The van der Waals surface area contributed by atoms with Crippen molar-refractivity contribution in [2.75, 3.05) is 4.90 Å². The van der Waals surface area contributed by atoms with Crippen molar-refractivity contribution in [2.45, 2.75) is 39.8 Å². The van der Waals surface area contributed by atoms with Crippen LogP contribution in [0.3, 0.4) is 0 Å². The van der Waals surface area contributed by atoms with Gasteiger partial charge in [-0.3, -0.25) is 9.59 Å². The van der Waals surface area contributed by atoms with Crippen molar-refractivity contribution in [3.05, 3.63) is 87.6 Å². The van der Waals surface area contributed by atoms with E-state index in [9.17, 15) is 9.59 Å². The van der Waals surface area contributed by atoms with E-state index in [-0.39, 0.29) is 17.9 Å². The zero-order valence-corrected chi connectivity index (χ0v) is 17.8. The first-order valence-corrected chi connectivity index (χ1v) is 10.6. The molecule has 5 heteroatoms. The van der Waals surface area contributed by atoms with Gasteiger partial charge in [-0.2, -0.15) is 0 Å². The number of benzene rings is 2. The first-order chi connectivity index (χ1) is 13.9. The van der Waals surface area contributed by atoms with Crippen molar-refractivity contribution in [3.8, 4) is 0 Å². The van der Waals surface area contributed by atoms with E-state index in [1.54, 1.807) is 4.90 Å². The van der Waals surface area contributed by atoms with Crippen molar-refractivity contribution in [3.63, 3.8) is 0 Å². The second kappa shape index (κ2) is 9.52. The van der Waals surface area contributed by atoms with Gasteiger partial charge in [-0.05, 0) is 55.5 Å². The number of carbonyl (C=O) groups is 2. The lowest BCUT2D eigenvalue weighted by molar-refractivity contribution is -0.120. The van der Waals surface area contributed by atoms with Gasteiger partial charge in [0.25, 0.3) is 5.91 Å². The minimum atomic E-state index is -0.0215. The van der Waals surface area contributed by atoms with Gasteiger partial charge in [-0.15, -0.1) is 11.3 Å². The highest BCUT2D eigenvalue weighted by Gasteiger charge is 2.19. The molecule has 3 rings (SSSR count). The normalized spacial score (nSPS) is 10.8. The van der Waals surface area contributed by atoms with E-state index in [0.717, 1.165) is 22.4 Å². The molecule has 0 bridgehead atoms. The van der Waals surface area contributed by atoms with Crippen molar-refractivity contribution in [1.29, 1.82) is 0 Å². The Morgan fingerprint density at radius 1 is 1.00 bits per heavy atom. The summed E-state index contributed by atoms with van der Waals surface area (Å²) in [5.41, 5.74) is 3.98. The van der Waals surface area contributed by atoms with Crippen molar-refractivity contribution >= 4 is 28.8 Å². The minimum Gasteiger partial charge on any atom is -0.354 e. The summed E-state index contributed by atoms with van der Waals surface area (Å²) in [6.45, 7) is 6.43. The Kier molecular flexibility index (Phi) is 6.83. The molecule has 3 aromatic rings. The molecule has 2 amide bonds. The lowest BCUT2D eigenvalue weighted by Crippen LogP contribution is -2.31. The fraction of sp³-hybridized carbons (Fsp3) is 0.250. The van der Waals surface area contributed by atoms with Gasteiger partial charge in [0, 0.05) is 11.7 Å². The molecule has 1 aromatic heterocycles. The van der Waals surface area contributed by atoms with Gasteiger partial charge in [0.1, 0.15) is 0 Å². The standard InChI is InChI=1S/C24H26N2O2S/c1-17(2)25-23(27)15-19-9-11-21(12-10-19)26(24(28)22-8-5-13-29-22)16-20-7-4-6-18(3)14-20/h4-14,17H,15-16H2,1-3H3,(H,25,27). The Bertz CT molecular complexity index is 963. The minimum absolute atomic E-state index is 0.000899. The van der Waals surface area contributed by atoms with Crippen molar-refractivity contribution in [2.24, 2.45) is 0 Å². The fourth-order valence-corrected chi connectivity index (χ4v) is 3.83. The van der Waals surface area contributed by atoms with E-state index in [1.165, 1.54) is 11.3 Å². The number of aryl methyl sites for hydroxylation is 1. The molecule has 0 saturated carbocycles. The molecule has 150 valence electrons. The van der Waals surface area contributed by atoms with Crippen LogP contribution >= 0.6 is 11.3 Å². The molecule has 0 fully saturated rings. The first kappa shape index (κ1) is 20.8. The van der Waals surface area contributed by atoms with Crippen LogP contribution in [0.25, 0.3) is 0 Å². The average Bonchev–Trinajstić information content (AvgIpc) is 3.20. The zero-order chi connectivity index (χ0) is 20.8. The monoisotopic (exact) mass is 406 g/mol. The molecule has 0 radical (unpaired) electrons. The Labute approximate surface area is 176 Å². The summed E-state index contributed by atoms with van der Waals surface area (Å²) >= 11 is 1.44. The molecule has 0 aliphatic heterocycles. The fourth-order valence-electron chi connectivity index (χ4n) is 3.16. The van der Waals surface area contributed by atoms with Gasteiger partial charge in [-0.25, -0.2) is 0 Å². The van der Waals surface area contributed by atoms with E-state index >= 15 is 0 Å². The smallest absolute Gasteiger partial charge is 0.268 e. The predicted molar refractivity (Wildman–Crippen MR) is 119 cm³/mol. The average molecular weight is 407 g/mol. The first-order valence-electron chi connectivity index (χ1n) is 9.71. The van der Waals surface area contributed by atoms with Gasteiger partial charge in [0.2, 0.25) is 5.91 Å². The highest BCUT2D eigenvalue weighted by molar-refractivity contribution is 7.12. The van der Waals surface area contributed by atoms with Gasteiger partial charge < -0.3 is 10.2 Å². The number of anilines is 1. The number of hydrogen-bond acceptors (Lipinski definition) is 3. The lowest BCUT2D eigenvalue weighted by Gasteiger charge is -2.23. The van der Waals surface area contributed by atoms with Gasteiger partial charge in [0.15, 0.2) is 0 Å². The van der Waals surface area contributed by atoms with Crippen molar-refractivity contribution in [1.82, 2.24) is 5.32 Å². The molecule has 0 atom stereocenters. The van der Waals surface area contributed by atoms with Crippen LogP contribution in [-0.4, -0.2) is 17.9 Å². The van der Waals surface area contributed by atoms with Crippen LogP contribution in [0.15, 0.2) is 66.0 Å². The predicted octanol–water partition coefficient (Wildman–Crippen LogP) is 4.97. The number of amides is 2.